The Kier molecular flexibility index (Phi) is 5.98. The van der Waals surface area contributed by atoms with Crippen LogP contribution in [0.1, 0.15) is 30.1 Å². The van der Waals surface area contributed by atoms with Gasteiger partial charge in [0.2, 0.25) is 5.91 Å². The zero-order valence-electron chi connectivity index (χ0n) is 11.5. The van der Waals surface area contributed by atoms with Crippen molar-refractivity contribution in [2.45, 2.75) is 25.8 Å². The molecule has 1 heterocycles. The number of halogens is 1. The van der Waals surface area contributed by atoms with Gasteiger partial charge >= 0.3 is 0 Å². The molecule has 1 saturated heterocycles. The lowest BCUT2D eigenvalue weighted by Gasteiger charge is -2.17. The van der Waals surface area contributed by atoms with Crippen LogP contribution >= 0.6 is 12.4 Å². The van der Waals surface area contributed by atoms with Gasteiger partial charge in [-0.05, 0) is 31.5 Å². The molecule has 0 radical (unpaired) electrons. The van der Waals surface area contributed by atoms with E-state index in [1.54, 1.807) is 23.1 Å². The van der Waals surface area contributed by atoms with E-state index in [1.807, 2.05) is 13.0 Å². The first-order valence-electron chi connectivity index (χ1n) is 6.53. The molecule has 0 spiro atoms. The molecular formula is C14H20ClN3O2. The Morgan fingerprint density at radius 3 is 2.85 bits per heavy atom. The number of nitrogens with zero attached hydrogens (tertiary/aromatic N) is 1. The van der Waals surface area contributed by atoms with Gasteiger partial charge in [-0.15, -0.1) is 12.4 Å². The van der Waals surface area contributed by atoms with Crippen LogP contribution in [-0.4, -0.2) is 30.9 Å². The first-order valence-corrected chi connectivity index (χ1v) is 6.53. The van der Waals surface area contributed by atoms with E-state index in [9.17, 15) is 9.59 Å². The van der Waals surface area contributed by atoms with Crippen LogP contribution < -0.4 is 16.0 Å². The smallest absolute Gasteiger partial charge is 0.251 e. The highest BCUT2D eigenvalue weighted by Crippen LogP contribution is 2.22. The molecule has 1 aliphatic rings. The van der Waals surface area contributed by atoms with E-state index >= 15 is 0 Å². The van der Waals surface area contributed by atoms with Crippen LogP contribution in [0.4, 0.5) is 5.69 Å². The third-order valence-corrected chi connectivity index (χ3v) is 3.22. The first kappa shape index (κ1) is 16.5. The zero-order valence-corrected chi connectivity index (χ0v) is 12.3. The van der Waals surface area contributed by atoms with E-state index in [4.69, 9.17) is 5.73 Å². The maximum atomic E-state index is 12.0. The van der Waals surface area contributed by atoms with E-state index in [2.05, 4.69) is 5.32 Å². The third kappa shape index (κ3) is 3.71. The Hall–Kier alpha value is -1.59. The monoisotopic (exact) mass is 297 g/mol. The Labute approximate surface area is 124 Å². The van der Waals surface area contributed by atoms with Crippen LogP contribution in [0.5, 0.6) is 0 Å². The lowest BCUT2D eigenvalue weighted by Crippen LogP contribution is -2.37. The zero-order chi connectivity index (χ0) is 13.8. The fraction of sp³-hybridized carbons (Fsp3) is 0.429. The van der Waals surface area contributed by atoms with E-state index in [0.717, 1.165) is 18.7 Å². The minimum atomic E-state index is -0.161. The van der Waals surface area contributed by atoms with Gasteiger partial charge in [-0.3, -0.25) is 9.59 Å². The van der Waals surface area contributed by atoms with Crippen molar-refractivity contribution in [3.63, 3.8) is 0 Å². The second kappa shape index (κ2) is 7.26. The summed E-state index contributed by atoms with van der Waals surface area (Å²) in [5, 5.41) is 2.81. The number of amides is 2. The molecule has 6 heteroatoms. The summed E-state index contributed by atoms with van der Waals surface area (Å²) in [7, 11) is 0. The van der Waals surface area contributed by atoms with Crippen molar-refractivity contribution in [2.75, 3.05) is 18.0 Å². The number of rotatable bonds is 4. The van der Waals surface area contributed by atoms with Crippen molar-refractivity contribution in [3.8, 4) is 0 Å². The molecule has 0 aliphatic carbocycles. The van der Waals surface area contributed by atoms with Crippen molar-refractivity contribution < 1.29 is 9.59 Å². The number of hydrogen-bond acceptors (Lipinski definition) is 3. The summed E-state index contributed by atoms with van der Waals surface area (Å²) in [5.41, 5.74) is 6.82. The largest absolute Gasteiger partial charge is 0.348 e. The van der Waals surface area contributed by atoms with E-state index in [1.165, 1.54) is 0 Å². The van der Waals surface area contributed by atoms with Crippen LogP contribution in [0.15, 0.2) is 24.3 Å². The number of benzene rings is 1. The van der Waals surface area contributed by atoms with Crippen molar-refractivity contribution in [3.05, 3.63) is 29.8 Å². The summed E-state index contributed by atoms with van der Waals surface area (Å²) in [6.07, 6.45) is 1.46. The van der Waals surface area contributed by atoms with Gasteiger partial charge in [-0.1, -0.05) is 6.07 Å². The Bertz CT molecular complexity index is 493. The number of hydrogen-bond donors (Lipinski definition) is 2. The minimum Gasteiger partial charge on any atom is -0.348 e. The van der Waals surface area contributed by atoms with E-state index < -0.39 is 0 Å². The predicted octanol–water partition coefficient (Wildman–Crippen LogP) is 1.31. The molecule has 20 heavy (non-hydrogen) atoms. The number of carbonyl (C=O) groups excluding carboxylic acids is 2. The summed E-state index contributed by atoms with van der Waals surface area (Å²) in [6, 6.07) is 7.07. The highest BCUT2D eigenvalue weighted by atomic mass is 35.5. The predicted molar refractivity (Wildman–Crippen MR) is 81.3 cm³/mol. The molecule has 0 bridgehead atoms. The highest BCUT2D eigenvalue weighted by Gasteiger charge is 2.22. The van der Waals surface area contributed by atoms with Gasteiger partial charge in [-0.2, -0.15) is 0 Å². The Morgan fingerprint density at radius 2 is 2.25 bits per heavy atom. The third-order valence-electron chi connectivity index (χ3n) is 3.22. The van der Waals surface area contributed by atoms with Crippen LogP contribution in [0, 0.1) is 0 Å². The minimum absolute atomic E-state index is 0. The summed E-state index contributed by atoms with van der Waals surface area (Å²) in [5.74, 6) is -0.0423. The fourth-order valence-electron chi connectivity index (χ4n) is 2.10. The van der Waals surface area contributed by atoms with Gasteiger partial charge in [0.15, 0.2) is 0 Å². The molecule has 1 aromatic rings. The molecule has 0 saturated carbocycles. The highest BCUT2D eigenvalue weighted by molar-refractivity contribution is 5.99. The van der Waals surface area contributed by atoms with Gasteiger partial charge in [0, 0.05) is 36.8 Å². The fourth-order valence-corrected chi connectivity index (χ4v) is 2.10. The van der Waals surface area contributed by atoms with Crippen molar-refractivity contribution in [2.24, 2.45) is 5.73 Å². The summed E-state index contributed by atoms with van der Waals surface area (Å²) < 4.78 is 0. The number of nitrogens with two attached hydrogens (primary N) is 1. The van der Waals surface area contributed by atoms with Gasteiger partial charge in [0.25, 0.3) is 5.91 Å². The maximum Gasteiger partial charge on any atom is 0.251 e. The topological polar surface area (TPSA) is 75.4 Å². The quantitative estimate of drug-likeness (QED) is 0.880. The van der Waals surface area contributed by atoms with Crippen molar-refractivity contribution in [1.82, 2.24) is 5.32 Å². The average Bonchev–Trinajstić information content (AvgIpc) is 2.85. The molecule has 0 unspecified atom stereocenters. The van der Waals surface area contributed by atoms with Crippen LogP contribution in [0.25, 0.3) is 0 Å². The summed E-state index contributed by atoms with van der Waals surface area (Å²) in [4.78, 5) is 25.4. The lowest BCUT2D eigenvalue weighted by atomic mass is 10.1. The first-order chi connectivity index (χ1) is 9.11. The SMILES string of the molecule is C[C@@H](CN)NC(=O)c1cccc(N2CCCC2=O)c1.Cl. The summed E-state index contributed by atoms with van der Waals surface area (Å²) >= 11 is 0. The number of nitrogens with one attached hydrogen (secondary N) is 1. The van der Waals surface area contributed by atoms with Crippen LogP contribution in [0.3, 0.4) is 0 Å². The maximum absolute atomic E-state index is 12.0. The van der Waals surface area contributed by atoms with Gasteiger partial charge in [-0.25, -0.2) is 0 Å². The summed E-state index contributed by atoms with van der Waals surface area (Å²) in [6.45, 7) is 2.98. The molecule has 2 rings (SSSR count). The standard InChI is InChI=1S/C14H19N3O2.ClH/c1-10(9-15)16-14(19)11-4-2-5-12(8-11)17-7-3-6-13(17)18;/h2,4-5,8,10H,3,6-7,9,15H2,1H3,(H,16,19);1H/t10-;/m0./s1. The van der Waals surface area contributed by atoms with Gasteiger partial charge < -0.3 is 16.0 Å². The number of carbonyl (C=O) groups is 2. The van der Waals surface area contributed by atoms with Gasteiger partial charge in [0.05, 0.1) is 0 Å². The van der Waals surface area contributed by atoms with Crippen LogP contribution in [-0.2, 0) is 4.79 Å². The molecule has 1 aromatic carbocycles. The average molecular weight is 298 g/mol. The van der Waals surface area contributed by atoms with Crippen molar-refractivity contribution in [1.29, 1.82) is 0 Å². The second-order valence-corrected chi connectivity index (χ2v) is 4.81. The van der Waals surface area contributed by atoms with Gasteiger partial charge in [0.1, 0.15) is 0 Å². The molecule has 1 atom stereocenters. The Morgan fingerprint density at radius 1 is 1.50 bits per heavy atom. The molecule has 3 N–H and O–H groups in total. The molecule has 1 aliphatic heterocycles. The van der Waals surface area contributed by atoms with Crippen LogP contribution in [0.2, 0.25) is 0 Å². The molecular weight excluding hydrogens is 278 g/mol. The second-order valence-electron chi connectivity index (χ2n) is 4.81. The molecule has 2 amide bonds. The van der Waals surface area contributed by atoms with E-state index in [-0.39, 0.29) is 30.3 Å². The Balaban J connectivity index is 0.00000200. The lowest BCUT2D eigenvalue weighted by molar-refractivity contribution is -0.117. The molecule has 1 fully saturated rings. The normalized spacial score (nSPS) is 15.7. The van der Waals surface area contributed by atoms with Crippen molar-refractivity contribution >= 4 is 29.9 Å². The molecule has 110 valence electrons. The van der Waals surface area contributed by atoms with E-state index in [0.29, 0.717) is 18.5 Å². The molecule has 0 aromatic heterocycles. The number of anilines is 1. The molecule has 5 nitrogen and oxygen atoms in total.